The van der Waals surface area contributed by atoms with Gasteiger partial charge in [-0.1, -0.05) is 20.3 Å². The minimum Gasteiger partial charge on any atom is -0.478 e. The van der Waals surface area contributed by atoms with Crippen LogP contribution in [0.1, 0.15) is 41.7 Å². The molecule has 1 N–H and O–H groups in total. The van der Waals surface area contributed by atoms with Gasteiger partial charge in [-0.05, 0) is 31.1 Å². The summed E-state index contributed by atoms with van der Waals surface area (Å²) < 4.78 is 0. The van der Waals surface area contributed by atoms with Gasteiger partial charge in [-0.2, -0.15) is 0 Å². The maximum atomic E-state index is 12.4. The van der Waals surface area contributed by atoms with Crippen LogP contribution in [-0.2, 0) is 4.79 Å². The molecule has 1 atom stereocenters. The average molecular weight is 295 g/mol. The number of carboxylic acid groups (broad SMARTS) is 1. The minimum absolute atomic E-state index is 0.0211. The molecule has 0 aliphatic rings. The van der Waals surface area contributed by atoms with E-state index in [0.717, 1.165) is 23.9 Å². The van der Waals surface area contributed by atoms with Gasteiger partial charge in [-0.15, -0.1) is 11.3 Å². The Morgan fingerprint density at radius 3 is 2.65 bits per heavy atom. The zero-order chi connectivity index (χ0) is 15.1. The lowest BCUT2D eigenvalue weighted by Crippen LogP contribution is -2.34. The predicted molar refractivity (Wildman–Crippen MR) is 82.0 cm³/mol. The van der Waals surface area contributed by atoms with E-state index in [1.54, 1.807) is 12.1 Å². The lowest BCUT2D eigenvalue weighted by Gasteiger charge is -2.23. The summed E-state index contributed by atoms with van der Waals surface area (Å²) in [6.45, 7) is 7.65. The fraction of sp³-hybridized carbons (Fsp3) is 0.467. The fourth-order valence-electron chi connectivity index (χ4n) is 1.73. The number of rotatable bonds is 7. The van der Waals surface area contributed by atoms with Crippen molar-refractivity contribution >= 4 is 29.3 Å². The summed E-state index contributed by atoms with van der Waals surface area (Å²) in [5.74, 6) is -0.490. The Balaban J connectivity index is 2.77. The number of nitrogens with zero attached hydrogens (tertiary/aromatic N) is 1. The van der Waals surface area contributed by atoms with E-state index in [1.165, 1.54) is 17.4 Å². The first kappa shape index (κ1) is 16.4. The highest BCUT2D eigenvalue weighted by Crippen LogP contribution is 2.20. The Bertz CT molecular complexity index is 493. The summed E-state index contributed by atoms with van der Waals surface area (Å²) in [7, 11) is 0. The van der Waals surface area contributed by atoms with Gasteiger partial charge in [-0.25, -0.2) is 4.79 Å². The molecule has 0 saturated heterocycles. The van der Waals surface area contributed by atoms with Gasteiger partial charge >= 0.3 is 5.97 Å². The molecule has 1 aromatic heterocycles. The van der Waals surface area contributed by atoms with Crippen LogP contribution in [0.15, 0.2) is 18.2 Å². The topological polar surface area (TPSA) is 57.6 Å². The van der Waals surface area contributed by atoms with Crippen molar-refractivity contribution in [2.24, 2.45) is 5.92 Å². The van der Waals surface area contributed by atoms with Crippen molar-refractivity contribution in [3.05, 3.63) is 28.0 Å². The molecule has 1 unspecified atom stereocenters. The van der Waals surface area contributed by atoms with E-state index in [-0.39, 0.29) is 5.91 Å². The van der Waals surface area contributed by atoms with Crippen LogP contribution >= 0.6 is 11.3 Å². The normalized spacial score (nSPS) is 12.6. The molecule has 20 heavy (non-hydrogen) atoms. The van der Waals surface area contributed by atoms with Crippen LogP contribution in [0, 0.1) is 5.92 Å². The number of amides is 1. The van der Waals surface area contributed by atoms with Gasteiger partial charge in [0, 0.05) is 24.0 Å². The minimum atomic E-state index is -0.988. The Morgan fingerprint density at radius 1 is 1.40 bits per heavy atom. The third-order valence-corrected chi connectivity index (χ3v) is 4.16. The zero-order valence-electron chi connectivity index (χ0n) is 12.1. The highest BCUT2D eigenvalue weighted by molar-refractivity contribution is 7.14. The molecule has 0 aromatic carbocycles. The van der Waals surface area contributed by atoms with Crippen LogP contribution in [0.4, 0.5) is 0 Å². The van der Waals surface area contributed by atoms with E-state index in [1.807, 2.05) is 11.8 Å². The summed E-state index contributed by atoms with van der Waals surface area (Å²) in [5.41, 5.74) is 0. The van der Waals surface area contributed by atoms with Crippen molar-refractivity contribution in [1.29, 1.82) is 0 Å². The summed E-state index contributed by atoms with van der Waals surface area (Å²) in [4.78, 5) is 26.1. The molecule has 1 rings (SSSR count). The summed E-state index contributed by atoms with van der Waals surface area (Å²) >= 11 is 1.32. The van der Waals surface area contributed by atoms with E-state index in [4.69, 9.17) is 5.11 Å². The number of carbonyl (C=O) groups is 2. The van der Waals surface area contributed by atoms with Crippen LogP contribution in [0.25, 0.3) is 6.08 Å². The Labute approximate surface area is 123 Å². The third kappa shape index (κ3) is 4.81. The lowest BCUT2D eigenvalue weighted by molar-refractivity contribution is -0.131. The molecule has 110 valence electrons. The van der Waals surface area contributed by atoms with E-state index in [9.17, 15) is 9.59 Å². The van der Waals surface area contributed by atoms with Crippen molar-refractivity contribution in [2.45, 2.75) is 27.2 Å². The first-order valence-corrected chi connectivity index (χ1v) is 7.59. The molecule has 0 saturated carbocycles. The molecule has 0 aliphatic carbocycles. The maximum Gasteiger partial charge on any atom is 0.328 e. The highest BCUT2D eigenvalue weighted by atomic mass is 32.1. The average Bonchev–Trinajstić information content (AvgIpc) is 2.90. The number of carboxylic acids is 1. The van der Waals surface area contributed by atoms with Crippen molar-refractivity contribution in [3.8, 4) is 0 Å². The second-order valence-corrected chi connectivity index (χ2v) is 5.85. The van der Waals surface area contributed by atoms with Gasteiger partial charge in [0.2, 0.25) is 0 Å². The molecule has 0 aliphatic heterocycles. The van der Waals surface area contributed by atoms with E-state index in [2.05, 4.69) is 13.8 Å². The molecule has 4 nitrogen and oxygen atoms in total. The first-order chi connectivity index (χ1) is 9.47. The molecular weight excluding hydrogens is 274 g/mol. The van der Waals surface area contributed by atoms with Crippen molar-refractivity contribution < 1.29 is 14.7 Å². The molecule has 0 radical (unpaired) electrons. The lowest BCUT2D eigenvalue weighted by atomic mass is 10.1. The number of hydrogen-bond acceptors (Lipinski definition) is 3. The largest absolute Gasteiger partial charge is 0.478 e. The first-order valence-electron chi connectivity index (χ1n) is 6.78. The summed E-state index contributed by atoms with van der Waals surface area (Å²) in [6, 6.07) is 3.53. The van der Waals surface area contributed by atoms with E-state index in [0.29, 0.717) is 17.3 Å². The number of carbonyl (C=O) groups excluding carboxylic acids is 1. The standard InChI is InChI=1S/C15H21NO3S/c1-4-11(3)10-16(5-2)15(19)13-8-6-12(20-13)7-9-14(17)18/h6-9,11H,4-5,10H2,1-3H3,(H,17,18). The van der Waals surface area contributed by atoms with Gasteiger partial charge in [0.05, 0.1) is 4.88 Å². The molecule has 1 heterocycles. The van der Waals surface area contributed by atoms with Crippen LogP contribution in [0.3, 0.4) is 0 Å². The molecular formula is C15H21NO3S. The molecule has 1 amide bonds. The number of hydrogen-bond donors (Lipinski definition) is 1. The Morgan fingerprint density at radius 2 is 2.10 bits per heavy atom. The van der Waals surface area contributed by atoms with Crippen LogP contribution in [0.2, 0.25) is 0 Å². The van der Waals surface area contributed by atoms with Gasteiger partial charge in [0.15, 0.2) is 0 Å². The van der Waals surface area contributed by atoms with Gasteiger partial charge < -0.3 is 10.0 Å². The Kier molecular flexibility index (Phi) is 6.45. The van der Waals surface area contributed by atoms with Crippen LogP contribution < -0.4 is 0 Å². The quantitative estimate of drug-likeness (QED) is 0.785. The molecule has 5 heteroatoms. The smallest absolute Gasteiger partial charge is 0.328 e. The predicted octanol–water partition coefficient (Wildman–Crippen LogP) is 3.35. The van der Waals surface area contributed by atoms with E-state index >= 15 is 0 Å². The third-order valence-electron chi connectivity index (χ3n) is 3.13. The maximum absolute atomic E-state index is 12.4. The second kappa shape index (κ2) is 7.85. The zero-order valence-corrected chi connectivity index (χ0v) is 12.9. The molecule has 0 bridgehead atoms. The number of thiophene rings is 1. The van der Waals surface area contributed by atoms with Gasteiger partial charge in [-0.3, -0.25) is 4.79 Å². The fourth-order valence-corrected chi connectivity index (χ4v) is 2.61. The SMILES string of the molecule is CCC(C)CN(CC)C(=O)c1ccc(C=CC(=O)O)s1. The van der Waals surface area contributed by atoms with Crippen molar-refractivity contribution in [1.82, 2.24) is 4.90 Å². The molecule has 0 spiro atoms. The van der Waals surface area contributed by atoms with Crippen molar-refractivity contribution in [2.75, 3.05) is 13.1 Å². The monoisotopic (exact) mass is 295 g/mol. The van der Waals surface area contributed by atoms with Crippen LogP contribution in [-0.4, -0.2) is 35.0 Å². The summed E-state index contributed by atoms with van der Waals surface area (Å²) in [6.07, 6.45) is 3.63. The second-order valence-electron chi connectivity index (χ2n) is 4.73. The van der Waals surface area contributed by atoms with Gasteiger partial charge in [0.25, 0.3) is 5.91 Å². The molecule has 1 aromatic rings. The number of aliphatic carboxylic acids is 1. The summed E-state index contributed by atoms with van der Waals surface area (Å²) in [5, 5.41) is 8.59. The van der Waals surface area contributed by atoms with Crippen LogP contribution in [0.5, 0.6) is 0 Å². The molecule has 0 fully saturated rings. The van der Waals surface area contributed by atoms with E-state index < -0.39 is 5.97 Å². The Hall–Kier alpha value is -1.62. The highest BCUT2D eigenvalue weighted by Gasteiger charge is 2.17. The van der Waals surface area contributed by atoms with Crippen molar-refractivity contribution in [3.63, 3.8) is 0 Å². The van der Waals surface area contributed by atoms with Gasteiger partial charge in [0.1, 0.15) is 0 Å².